The van der Waals surface area contributed by atoms with Crippen LogP contribution in [0.15, 0.2) is 30.3 Å². The molecule has 2 aliphatic heterocycles. The van der Waals surface area contributed by atoms with Crippen molar-refractivity contribution in [3.8, 4) is 0 Å². The first-order chi connectivity index (χ1) is 15.3. The molecule has 4 N–H and O–H groups in total. The molecule has 5 nitrogen and oxygen atoms in total. The molecule has 2 aromatic rings. The second-order valence-corrected chi connectivity index (χ2v) is 8.56. The van der Waals surface area contributed by atoms with Crippen LogP contribution in [0, 0.1) is 29.8 Å². The molecule has 0 aromatic heterocycles. The van der Waals surface area contributed by atoms with E-state index in [4.69, 9.17) is 11.5 Å². The van der Waals surface area contributed by atoms with Crippen LogP contribution < -0.4 is 11.5 Å². The van der Waals surface area contributed by atoms with Crippen LogP contribution in [0.5, 0.6) is 0 Å². The smallest absolute Gasteiger partial charge is 0.254 e. The summed E-state index contributed by atoms with van der Waals surface area (Å²) in [5, 5.41) is 0. The standard InChI is InChI=1S/C24H25F3N3O2/c25-19-11-15(21(26)20(22(19)27)23(29)31)5-4-13-9-17-6-7-18(10-13)30(17)24(32)16-3-1-2-14(8-16)12-28/h1-4,8,11,13,17-18H,5-7,9-10,12,28H2,(H2,29,31)/t13-,17-,18+. The largest absolute Gasteiger partial charge is 0.365 e. The molecule has 0 unspecified atom stereocenters. The zero-order valence-corrected chi connectivity index (χ0v) is 17.5. The number of carbonyl (C=O) groups excluding carboxylic acids is 2. The fraction of sp³-hybridized carbons (Fsp3) is 0.375. The molecule has 2 aliphatic rings. The van der Waals surface area contributed by atoms with E-state index in [-0.39, 0.29) is 35.9 Å². The molecule has 3 atom stereocenters. The molecule has 2 bridgehead atoms. The fourth-order valence-electron chi connectivity index (χ4n) is 5.04. The molecule has 0 saturated carbocycles. The van der Waals surface area contributed by atoms with Gasteiger partial charge in [0, 0.05) is 24.2 Å². The first kappa shape index (κ1) is 22.3. The highest BCUT2D eigenvalue weighted by Crippen LogP contribution is 2.41. The number of piperidine rings is 1. The van der Waals surface area contributed by atoms with Crippen molar-refractivity contribution in [2.45, 2.75) is 50.7 Å². The van der Waals surface area contributed by atoms with Crippen molar-refractivity contribution in [3.63, 3.8) is 0 Å². The van der Waals surface area contributed by atoms with Gasteiger partial charge in [-0.1, -0.05) is 12.1 Å². The molecule has 4 rings (SSSR count). The summed E-state index contributed by atoms with van der Waals surface area (Å²) < 4.78 is 42.1. The number of carbonyl (C=O) groups is 2. The molecular formula is C24H25F3N3O2. The summed E-state index contributed by atoms with van der Waals surface area (Å²) in [6.07, 6.45) is 5.12. The zero-order chi connectivity index (χ0) is 23.0. The van der Waals surface area contributed by atoms with Gasteiger partial charge in [-0.05, 0) is 73.8 Å². The Kier molecular flexibility index (Phi) is 6.24. The summed E-state index contributed by atoms with van der Waals surface area (Å²) in [7, 11) is 0. The van der Waals surface area contributed by atoms with Crippen molar-refractivity contribution in [1.82, 2.24) is 4.90 Å². The van der Waals surface area contributed by atoms with E-state index < -0.39 is 28.9 Å². The van der Waals surface area contributed by atoms with E-state index in [1.807, 2.05) is 29.5 Å². The van der Waals surface area contributed by atoms with Crippen molar-refractivity contribution in [2.75, 3.05) is 0 Å². The van der Waals surface area contributed by atoms with Gasteiger partial charge in [-0.15, -0.1) is 0 Å². The molecule has 2 amide bonds. The van der Waals surface area contributed by atoms with Crippen LogP contribution in [-0.4, -0.2) is 28.8 Å². The lowest BCUT2D eigenvalue weighted by Crippen LogP contribution is -2.46. The minimum atomic E-state index is -1.57. The number of hydrogen-bond donors (Lipinski definition) is 2. The van der Waals surface area contributed by atoms with Gasteiger partial charge >= 0.3 is 0 Å². The Labute approximate surface area is 184 Å². The van der Waals surface area contributed by atoms with Gasteiger partial charge in [0.05, 0.1) is 0 Å². The van der Waals surface area contributed by atoms with Crippen LogP contribution in [0.3, 0.4) is 0 Å². The van der Waals surface area contributed by atoms with Crippen LogP contribution in [0.4, 0.5) is 13.2 Å². The van der Waals surface area contributed by atoms with Crippen molar-refractivity contribution < 1.29 is 22.8 Å². The van der Waals surface area contributed by atoms with Crippen molar-refractivity contribution >= 4 is 11.8 Å². The van der Waals surface area contributed by atoms with Gasteiger partial charge in [0.1, 0.15) is 11.4 Å². The number of halogens is 3. The zero-order valence-electron chi connectivity index (χ0n) is 17.5. The van der Waals surface area contributed by atoms with E-state index >= 15 is 0 Å². The molecule has 169 valence electrons. The third-order valence-electron chi connectivity index (χ3n) is 6.56. The molecule has 2 aromatic carbocycles. The lowest BCUT2D eigenvalue weighted by atomic mass is 9.85. The number of nitrogens with zero attached hydrogens (tertiary/aromatic N) is 1. The highest BCUT2D eigenvalue weighted by Gasteiger charge is 2.43. The summed E-state index contributed by atoms with van der Waals surface area (Å²) in [5.74, 6) is -5.25. The Hall–Kier alpha value is -2.87. The summed E-state index contributed by atoms with van der Waals surface area (Å²) in [6, 6.07) is 8.23. The van der Waals surface area contributed by atoms with Gasteiger partial charge in [0.25, 0.3) is 11.8 Å². The Morgan fingerprint density at radius 1 is 1.06 bits per heavy atom. The third kappa shape index (κ3) is 4.11. The Bertz CT molecular complexity index is 1050. The minimum Gasteiger partial charge on any atom is -0.365 e. The van der Waals surface area contributed by atoms with Gasteiger partial charge in [-0.3, -0.25) is 9.59 Å². The van der Waals surface area contributed by atoms with Crippen molar-refractivity contribution in [1.29, 1.82) is 0 Å². The normalized spacial score (nSPS) is 22.2. The van der Waals surface area contributed by atoms with Crippen molar-refractivity contribution in [3.05, 3.63) is 76.5 Å². The molecule has 8 heteroatoms. The Morgan fingerprint density at radius 3 is 2.38 bits per heavy atom. The number of nitrogens with two attached hydrogens (primary N) is 2. The molecule has 0 aliphatic carbocycles. The van der Waals surface area contributed by atoms with E-state index in [0.717, 1.165) is 24.5 Å². The Morgan fingerprint density at radius 2 is 1.75 bits per heavy atom. The lowest BCUT2D eigenvalue weighted by molar-refractivity contribution is 0.0544. The number of fused-ring (bicyclic) bond motifs is 2. The highest BCUT2D eigenvalue weighted by molar-refractivity contribution is 5.95. The summed E-state index contributed by atoms with van der Waals surface area (Å²) in [6.45, 7) is 0.364. The predicted molar refractivity (Wildman–Crippen MR) is 113 cm³/mol. The SMILES string of the molecule is NCc1cccc(C(=O)N2[C@@H]3CC[C@H]2C[C@H]([CH]Cc2cc(F)c(F)c(C(N)=O)c2F)C3)c1. The van der Waals surface area contributed by atoms with Gasteiger partial charge in [-0.25, -0.2) is 13.2 Å². The molecule has 1 radical (unpaired) electrons. The Balaban J connectivity index is 1.44. The molecule has 2 heterocycles. The number of primary amides is 1. The second-order valence-electron chi connectivity index (χ2n) is 8.56. The number of rotatable bonds is 6. The lowest BCUT2D eigenvalue weighted by Gasteiger charge is -2.39. The van der Waals surface area contributed by atoms with Crippen LogP contribution >= 0.6 is 0 Å². The van der Waals surface area contributed by atoms with Crippen LogP contribution in [-0.2, 0) is 13.0 Å². The average Bonchev–Trinajstić information content (AvgIpc) is 3.04. The monoisotopic (exact) mass is 444 g/mol. The topological polar surface area (TPSA) is 89.4 Å². The maximum absolute atomic E-state index is 14.5. The highest BCUT2D eigenvalue weighted by atomic mass is 19.2. The maximum Gasteiger partial charge on any atom is 0.254 e. The van der Waals surface area contributed by atoms with E-state index in [1.165, 1.54) is 0 Å². The van der Waals surface area contributed by atoms with E-state index in [2.05, 4.69) is 0 Å². The van der Waals surface area contributed by atoms with E-state index in [1.54, 1.807) is 6.07 Å². The van der Waals surface area contributed by atoms with Gasteiger partial charge in [-0.2, -0.15) is 0 Å². The van der Waals surface area contributed by atoms with Gasteiger partial charge in [0.15, 0.2) is 11.6 Å². The van der Waals surface area contributed by atoms with Crippen molar-refractivity contribution in [2.24, 2.45) is 17.4 Å². The summed E-state index contributed by atoms with van der Waals surface area (Å²) >= 11 is 0. The third-order valence-corrected chi connectivity index (χ3v) is 6.56. The van der Waals surface area contributed by atoms with Crippen LogP contribution in [0.1, 0.15) is 57.5 Å². The average molecular weight is 444 g/mol. The summed E-state index contributed by atoms with van der Waals surface area (Å²) in [5.41, 5.74) is 11.1. The van der Waals surface area contributed by atoms with Crippen LogP contribution in [0.25, 0.3) is 0 Å². The fourth-order valence-corrected chi connectivity index (χ4v) is 5.04. The number of hydrogen-bond acceptors (Lipinski definition) is 3. The molecule has 32 heavy (non-hydrogen) atoms. The quantitative estimate of drug-likeness (QED) is 0.669. The van der Waals surface area contributed by atoms with Gasteiger partial charge < -0.3 is 16.4 Å². The molecule has 2 saturated heterocycles. The van der Waals surface area contributed by atoms with Gasteiger partial charge in [0.2, 0.25) is 0 Å². The van der Waals surface area contributed by atoms with E-state index in [9.17, 15) is 22.8 Å². The number of amides is 2. The first-order valence-electron chi connectivity index (χ1n) is 10.7. The molecule has 2 fully saturated rings. The predicted octanol–water partition coefficient (Wildman–Crippen LogP) is 3.49. The summed E-state index contributed by atoms with van der Waals surface area (Å²) in [4.78, 5) is 26.4. The second kappa shape index (κ2) is 8.94. The number of benzene rings is 2. The minimum absolute atomic E-state index is 0.0102. The van der Waals surface area contributed by atoms with Crippen LogP contribution in [0.2, 0.25) is 0 Å². The molecular weight excluding hydrogens is 419 g/mol. The maximum atomic E-state index is 14.5. The van der Waals surface area contributed by atoms with E-state index in [0.29, 0.717) is 24.9 Å². The first-order valence-corrected chi connectivity index (χ1v) is 10.7. The molecule has 0 spiro atoms.